The minimum Gasteiger partial charge on any atom is -0.476 e. The van der Waals surface area contributed by atoms with Gasteiger partial charge < -0.3 is 19.6 Å². The van der Waals surface area contributed by atoms with E-state index in [4.69, 9.17) is 19.3 Å². The number of halogens is 1. The fraction of sp³-hybridized carbons (Fsp3) is 0.346. The van der Waals surface area contributed by atoms with Crippen LogP contribution < -0.4 is 5.32 Å². The van der Waals surface area contributed by atoms with Crippen molar-refractivity contribution in [3.63, 3.8) is 0 Å². The number of carbonyl (C=O) groups is 2. The maximum absolute atomic E-state index is 13.9. The number of rotatable bonds is 6. The summed E-state index contributed by atoms with van der Waals surface area (Å²) >= 11 is 1.43. The summed E-state index contributed by atoms with van der Waals surface area (Å²) in [6.45, 7) is 1.79. The van der Waals surface area contributed by atoms with E-state index in [9.17, 15) is 14.0 Å². The number of aryl methyl sites for hydroxylation is 1. The summed E-state index contributed by atoms with van der Waals surface area (Å²) in [6, 6.07) is 3.76. The number of oxazole rings is 1. The number of ether oxygens (including phenoxy) is 1. The number of aromatic nitrogens is 2. The summed E-state index contributed by atoms with van der Waals surface area (Å²) in [4.78, 5) is 37.7. The number of hydrogen-bond donors (Lipinski definition) is 2. The van der Waals surface area contributed by atoms with Crippen LogP contribution in [0.2, 0.25) is 0 Å². The van der Waals surface area contributed by atoms with Gasteiger partial charge in [-0.2, -0.15) is 0 Å². The molecule has 1 aliphatic carbocycles. The predicted molar refractivity (Wildman–Crippen MR) is 133 cm³/mol. The van der Waals surface area contributed by atoms with Crippen molar-refractivity contribution in [1.29, 1.82) is 0 Å². The molecular weight excluding hydrogens is 499 g/mol. The number of carbonyl (C=O) groups excluding carboxylic acids is 1. The number of amidine groups is 1. The van der Waals surface area contributed by atoms with Gasteiger partial charge in [-0.25, -0.2) is 23.9 Å². The number of methoxy groups -OCH3 is 1. The maximum Gasteiger partial charge on any atom is 0.357 e. The van der Waals surface area contributed by atoms with Gasteiger partial charge in [0.1, 0.15) is 18.1 Å². The summed E-state index contributed by atoms with van der Waals surface area (Å²) in [5.41, 5.74) is 2.40. The molecule has 0 amide bonds. The van der Waals surface area contributed by atoms with E-state index in [1.165, 1.54) is 30.6 Å². The molecule has 192 valence electrons. The minimum atomic E-state index is -1.13. The average Bonchev–Trinajstić information content (AvgIpc) is 3.61. The number of esters is 1. The molecule has 1 atom stereocenters. The third kappa shape index (κ3) is 4.91. The highest BCUT2D eigenvalue weighted by molar-refractivity contribution is 7.11. The fourth-order valence-electron chi connectivity index (χ4n) is 5.04. The number of hydrogen-bond acceptors (Lipinski definition) is 9. The molecule has 3 aromatic rings. The molecule has 2 aromatic heterocycles. The van der Waals surface area contributed by atoms with Crippen molar-refractivity contribution >= 4 is 29.1 Å². The molecule has 1 aliphatic heterocycles. The molecule has 1 aromatic carbocycles. The van der Waals surface area contributed by atoms with Gasteiger partial charge in [-0.3, -0.25) is 4.99 Å². The zero-order chi connectivity index (χ0) is 26.1. The summed E-state index contributed by atoms with van der Waals surface area (Å²) in [6.07, 6.45) is 5.67. The summed E-state index contributed by atoms with van der Waals surface area (Å²) in [5.74, 6) is -1.06. The lowest BCUT2D eigenvalue weighted by molar-refractivity contribution is -0.136. The Labute approximate surface area is 216 Å². The lowest BCUT2D eigenvalue weighted by atomic mass is 9.77. The molecule has 0 radical (unpaired) electrons. The van der Waals surface area contributed by atoms with Gasteiger partial charge in [0.2, 0.25) is 0 Å². The summed E-state index contributed by atoms with van der Waals surface area (Å²) in [5, 5.41) is 15.1. The molecule has 5 rings (SSSR count). The van der Waals surface area contributed by atoms with Crippen molar-refractivity contribution in [2.45, 2.75) is 44.6 Å². The largest absolute Gasteiger partial charge is 0.476 e. The molecule has 9 nitrogen and oxygen atoms in total. The first kappa shape index (κ1) is 24.8. The van der Waals surface area contributed by atoms with E-state index in [-0.39, 0.29) is 23.3 Å². The summed E-state index contributed by atoms with van der Waals surface area (Å²) in [7, 11) is 1.33. The maximum atomic E-state index is 13.9. The van der Waals surface area contributed by atoms with Crippen LogP contribution in [0.3, 0.4) is 0 Å². The van der Waals surface area contributed by atoms with Crippen LogP contribution in [0.25, 0.3) is 0 Å². The molecule has 11 heteroatoms. The van der Waals surface area contributed by atoms with Crippen molar-refractivity contribution in [2.75, 3.05) is 7.11 Å². The van der Waals surface area contributed by atoms with Gasteiger partial charge in [0, 0.05) is 23.2 Å². The van der Waals surface area contributed by atoms with E-state index in [1.54, 1.807) is 19.2 Å². The standard InChI is InChI=1S/C26H25FN4O5S/c1-13-11-16(27)7-8-17(13)21-19(26(34)35-2)20(30-22(31-21)24-28-9-10-37-24)14-3-5-15(6-4-14)23-29-18(12-36-23)25(32)33/h7-12,14-15,21H,3-6H2,1-2H3,(H,30,31)(H,32,33). The third-order valence-corrected chi connectivity index (χ3v) is 7.65. The van der Waals surface area contributed by atoms with Crippen molar-refractivity contribution in [2.24, 2.45) is 10.9 Å². The number of allylic oxidation sites excluding steroid dienone is 1. The van der Waals surface area contributed by atoms with E-state index < -0.39 is 18.0 Å². The topological polar surface area (TPSA) is 127 Å². The van der Waals surface area contributed by atoms with Crippen LogP contribution in [0.1, 0.15) is 70.2 Å². The van der Waals surface area contributed by atoms with Crippen molar-refractivity contribution < 1.29 is 28.2 Å². The van der Waals surface area contributed by atoms with Crippen LogP contribution in [-0.2, 0) is 9.53 Å². The number of thiazole rings is 1. The number of benzene rings is 1. The first-order valence-electron chi connectivity index (χ1n) is 11.9. The highest BCUT2D eigenvalue weighted by Gasteiger charge is 2.38. The Hall–Kier alpha value is -3.86. The Balaban J connectivity index is 1.51. The smallest absolute Gasteiger partial charge is 0.357 e. The van der Waals surface area contributed by atoms with Crippen molar-refractivity contribution in [3.8, 4) is 0 Å². The van der Waals surface area contributed by atoms with Crippen LogP contribution in [0.5, 0.6) is 0 Å². The van der Waals surface area contributed by atoms with Gasteiger partial charge in [-0.05, 0) is 61.8 Å². The number of carboxylic acid groups (broad SMARTS) is 1. The minimum absolute atomic E-state index is 0.0163. The van der Waals surface area contributed by atoms with Gasteiger partial charge in [0.25, 0.3) is 0 Å². The Morgan fingerprint density at radius 1 is 1.22 bits per heavy atom. The van der Waals surface area contributed by atoms with Crippen molar-refractivity contribution in [3.05, 3.63) is 80.8 Å². The number of aromatic carboxylic acids is 1. The van der Waals surface area contributed by atoms with E-state index in [0.717, 1.165) is 12.0 Å². The third-order valence-electron chi connectivity index (χ3n) is 6.87. The van der Waals surface area contributed by atoms with E-state index in [0.29, 0.717) is 59.1 Å². The van der Waals surface area contributed by atoms with Gasteiger partial charge in [0.05, 0.1) is 12.7 Å². The molecule has 37 heavy (non-hydrogen) atoms. The normalized spacial score (nSPS) is 21.8. The number of aliphatic imine (C=N–C) groups is 1. The van der Waals surface area contributed by atoms with Gasteiger partial charge in [-0.15, -0.1) is 11.3 Å². The number of nitrogens with one attached hydrogen (secondary N) is 1. The van der Waals surface area contributed by atoms with Gasteiger partial charge in [0.15, 0.2) is 22.4 Å². The molecule has 2 N–H and O–H groups in total. The highest BCUT2D eigenvalue weighted by Crippen LogP contribution is 2.43. The summed E-state index contributed by atoms with van der Waals surface area (Å²) < 4.78 is 24.6. The molecule has 1 unspecified atom stereocenters. The fourth-order valence-corrected chi connectivity index (χ4v) is 5.63. The average molecular weight is 525 g/mol. The van der Waals surface area contributed by atoms with Gasteiger partial charge in [-0.1, -0.05) is 6.07 Å². The molecule has 0 saturated heterocycles. The lowest BCUT2D eigenvalue weighted by Crippen LogP contribution is -2.37. The Morgan fingerprint density at radius 3 is 2.59 bits per heavy atom. The number of carboxylic acids is 1. The second-order valence-corrected chi connectivity index (χ2v) is 9.98. The Kier molecular flexibility index (Phi) is 6.88. The molecule has 0 spiro atoms. The zero-order valence-electron chi connectivity index (χ0n) is 20.2. The van der Waals surface area contributed by atoms with Crippen LogP contribution in [-0.4, -0.2) is 40.0 Å². The van der Waals surface area contributed by atoms with Crippen LogP contribution in [0.4, 0.5) is 4.39 Å². The Morgan fingerprint density at radius 2 is 1.97 bits per heavy atom. The lowest BCUT2D eigenvalue weighted by Gasteiger charge is -2.34. The molecular formula is C26H25FN4O5S. The van der Waals surface area contributed by atoms with E-state index in [1.807, 2.05) is 5.38 Å². The molecule has 1 saturated carbocycles. The monoisotopic (exact) mass is 524 g/mol. The second-order valence-electron chi connectivity index (χ2n) is 9.09. The highest BCUT2D eigenvalue weighted by atomic mass is 32.1. The molecule has 1 fully saturated rings. The number of nitrogens with zero attached hydrogens (tertiary/aromatic N) is 3. The first-order chi connectivity index (χ1) is 17.9. The molecule has 3 heterocycles. The second kappa shape index (κ2) is 10.3. The quantitative estimate of drug-likeness (QED) is 0.442. The molecule has 2 aliphatic rings. The predicted octanol–water partition coefficient (Wildman–Crippen LogP) is 4.77. The Bertz CT molecular complexity index is 1390. The van der Waals surface area contributed by atoms with Crippen LogP contribution >= 0.6 is 11.3 Å². The van der Waals surface area contributed by atoms with E-state index in [2.05, 4.69) is 15.3 Å². The first-order valence-corrected chi connectivity index (χ1v) is 12.8. The van der Waals surface area contributed by atoms with Crippen LogP contribution in [0.15, 0.2) is 56.7 Å². The molecule has 0 bridgehead atoms. The zero-order valence-corrected chi connectivity index (χ0v) is 21.0. The van der Waals surface area contributed by atoms with Crippen molar-refractivity contribution in [1.82, 2.24) is 15.3 Å². The van der Waals surface area contributed by atoms with Gasteiger partial charge >= 0.3 is 11.9 Å². The van der Waals surface area contributed by atoms with Crippen LogP contribution in [0, 0.1) is 18.7 Å². The SMILES string of the molecule is COC(=O)C1=C(C2CCC(c3nc(C(=O)O)co3)CC2)NC(c2nccs2)=NC1c1ccc(F)cc1C. The van der Waals surface area contributed by atoms with E-state index >= 15 is 0 Å².